The number of halogens is 3. The SMILES string of the molecule is O=C(Nc1nc(-c2ccc(N3CCC(O)CC3)cn2)ns1)c1ccc(C(F)(F)F)cc1. The molecule has 2 aromatic heterocycles. The molecule has 0 aliphatic carbocycles. The first kappa shape index (κ1) is 21.2. The van der Waals surface area contributed by atoms with E-state index in [0.717, 1.165) is 67.4 Å². The molecule has 0 bridgehead atoms. The van der Waals surface area contributed by atoms with Crippen molar-refractivity contribution >= 4 is 28.3 Å². The number of carbonyl (C=O) groups is 1. The van der Waals surface area contributed by atoms with E-state index in [1.807, 2.05) is 6.07 Å². The summed E-state index contributed by atoms with van der Waals surface area (Å²) >= 11 is 0.956. The van der Waals surface area contributed by atoms with Gasteiger partial charge in [-0.1, -0.05) is 0 Å². The molecule has 2 N–H and O–H groups in total. The summed E-state index contributed by atoms with van der Waals surface area (Å²) in [4.78, 5) is 23.0. The van der Waals surface area contributed by atoms with Gasteiger partial charge in [0.2, 0.25) is 5.13 Å². The average molecular weight is 449 g/mol. The molecule has 1 saturated heterocycles. The first-order valence-electron chi connectivity index (χ1n) is 9.51. The van der Waals surface area contributed by atoms with E-state index in [4.69, 9.17) is 0 Å². The van der Waals surface area contributed by atoms with Crippen LogP contribution in [0.4, 0.5) is 24.0 Å². The number of hydrogen-bond acceptors (Lipinski definition) is 7. The van der Waals surface area contributed by atoms with Crippen LogP contribution < -0.4 is 10.2 Å². The lowest BCUT2D eigenvalue weighted by Crippen LogP contribution is -2.35. The van der Waals surface area contributed by atoms with Gasteiger partial charge >= 0.3 is 6.18 Å². The number of alkyl halides is 3. The van der Waals surface area contributed by atoms with Crippen molar-refractivity contribution in [1.82, 2.24) is 14.3 Å². The standard InChI is InChI=1S/C20H18F3N5O2S/c21-20(22,23)13-3-1-12(2-4-13)18(30)26-19-25-17(27-31-19)16-6-5-14(11-24-16)28-9-7-15(29)8-10-28/h1-6,11,15,29H,7-10H2,(H,25,26,27,30). The van der Waals surface area contributed by atoms with Gasteiger partial charge in [0.25, 0.3) is 5.91 Å². The van der Waals surface area contributed by atoms with E-state index in [-0.39, 0.29) is 16.8 Å². The largest absolute Gasteiger partial charge is 0.416 e. The third kappa shape index (κ3) is 5.00. The smallest absolute Gasteiger partial charge is 0.393 e. The van der Waals surface area contributed by atoms with E-state index in [9.17, 15) is 23.1 Å². The molecule has 1 aliphatic rings. The van der Waals surface area contributed by atoms with Gasteiger partial charge in [0.1, 0.15) is 5.69 Å². The Bertz CT molecular complexity index is 1050. The molecule has 1 amide bonds. The van der Waals surface area contributed by atoms with Crippen molar-refractivity contribution in [2.45, 2.75) is 25.1 Å². The molecule has 4 rings (SSSR count). The second kappa shape index (κ2) is 8.60. The highest BCUT2D eigenvalue weighted by atomic mass is 32.1. The van der Waals surface area contributed by atoms with Crippen molar-refractivity contribution in [1.29, 1.82) is 0 Å². The predicted molar refractivity (Wildman–Crippen MR) is 110 cm³/mol. The van der Waals surface area contributed by atoms with Gasteiger partial charge in [-0.2, -0.15) is 22.5 Å². The van der Waals surface area contributed by atoms with Gasteiger partial charge in [-0.05, 0) is 49.2 Å². The van der Waals surface area contributed by atoms with Crippen LogP contribution in [-0.2, 0) is 6.18 Å². The van der Waals surface area contributed by atoms with Gasteiger partial charge in [0.15, 0.2) is 5.82 Å². The fraction of sp³-hybridized carbons (Fsp3) is 0.300. The number of benzene rings is 1. The minimum atomic E-state index is -4.46. The average Bonchev–Trinajstić information content (AvgIpc) is 3.22. The number of anilines is 2. The Morgan fingerprint density at radius 1 is 1.13 bits per heavy atom. The Hall–Kier alpha value is -3.05. The third-order valence-corrected chi connectivity index (χ3v) is 5.56. The monoisotopic (exact) mass is 449 g/mol. The molecule has 0 saturated carbocycles. The molecule has 31 heavy (non-hydrogen) atoms. The summed E-state index contributed by atoms with van der Waals surface area (Å²) in [5.74, 6) is -0.236. The quantitative estimate of drug-likeness (QED) is 0.629. The first-order chi connectivity index (χ1) is 14.8. The Morgan fingerprint density at radius 2 is 1.84 bits per heavy atom. The summed E-state index contributed by atoms with van der Waals surface area (Å²) in [6, 6.07) is 7.62. The highest BCUT2D eigenvalue weighted by molar-refractivity contribution is 7.10. The number of aliphatic hydroxyl groups is 1. The molecule has 1 aromatic carbocycles. The van der Waals surface area contributed by atoms with Crippen LogP contribution in [0.1, 0.15) is 28.8 Å². The first-order valence-corrected chi connectivity index (χ1v) is 10.3. The summed E-state index contributed by atoms with van der Waals surface area (Å²) in [6.45, 7) is 1.52. The van der Waals surface area contributed by atoms with Gasteiger partial charge in [-0.3, -0.25) is 15.1 Å². The zero-order valence-corrected chi connectivity index (χ0v) is 17.0. The van der Waals surface area contributed by atoms with E-state index >= 15 is 0 Å². The lowest BCUT2D eigenvalue weighted by molar-refractivity contribution is -0.137. The molecule has 1 fully saturated rings. The highest BCUT2D eigenvalue weighted by Gasteiger charge is 2.30. The molecule has 11 heteroatoms. The number of rotatable bonds is 4. The fourth-order valence-corrected chi connectivity index (χ4v) is 3.76. The maximum atomic E-state index is 12.6. The number of carbonyl (C=O) groups excluding carboxylic acids is 1. The zero-order valence-electron chi connectivity index (χ0n) is 16.1. The second-order valence-electron chi connectivity index (χ2n) is 7.07. The minimum absolute atomic E-state index is 0.0823. The number of aromatic nitrogens is 3. The van der Waals surface area contributed by atoms with Crippen LogP contribution in [0.15, 0.2) is 42.6 Å². The summed E-state index contributed by atoms with van der Waals surface area (Å²) in [7, 11) is 0. The lowest BCUT2D eigenvalue weighted by Gasteiger charge is -2.31. The molecule has 0 spiro atoms. The van der Waals surface area contributed by atoms with Gasteiger partial charge in [-0.25, -0.2) is 0 Å². The number of pyridine rings is 1. The third-order valence-electron chi connectivity index (χ3n) is 4.93. The Morgan fingerprint density at radius 3 is 2.45 bits per heavy atom. The van der Waals surface area contributed by atoms with Gasteiger partial charge in [0, 0.05) is 30.2 Å². The molecule has 0 unspecified atom stereocenters. The number of nitrogens with zero attached hydrogens (tertiary/aromatic N) is 4. The van der Waals surface area contributed by atoms with Crippen molar-refractivity contribution in [3.63, 3.8) is 0 Å². The number of amides is 1. The van der Waals surface area contributed by atoms with Gasteiger partial charge in [0.05, 0.1) is 23.6 Å². The topological polar surface area (TPSA) is 91.2 Å². The zero-order chi connectivity index (χ0) is 22.0. The van der Waals surface area contributed by atoms with E-state index in [1.54, 1.807) is 12.3 Å². The van der Waals surface area contributed by atoms with Gasteiger partial charge in [-0.15, -0.1) is 0 Å². The van der Waals surface area contributed by atoms with Crippen LogP contribution in [0.5, 0.6) is 0 Å². The van der Waals surface area contributed by atoms with Crippen LogP contribution >= 0.6 is 11.5 Å². The van der Waals surface area contributed by atoms with Crippen LogP contribution in [0.25, 0.3) is 11.5 Å². The second-order valence-corrected chi connectivity index (χ2v) is 7.82. The molecule has 1 aliphatic heterocycles. The van der Waals surface area contributed by atoms with Crippen LogP contribution in [0, 0.1) is 0 Å². The molecule has 7 nitrogen and oxygen atoms in total. The molecule has 3 aromatic rings. The van der Waals surface area contributed by atoms with Crippen molar-refractivity contribution < 1.29 is 23.1 Å². The van der Waals surface area contributed by atoms with Gasteiger partial charge < -0.3 is 10.0 Å². The molecule has 0 radical (unpaired) electrons. The van der Waals surface area contributed by atoms with E-state index in [2.05, 4.69) is 24.6 Å². The Balaban J connectivity index is 1.40. The van der Waals surface area contributed by atoms with Crippen molar-refractivity contribution in [2.24, 2.45) is 0 Å². The normalized spacial score (nSPS) is 15.2. The van der Waals surface area contributed by atoms with E-state index in [0.29, 0.717) is 11.5 Å². The number of piperidine rings is 1. The van der Waals surface area contributed by atoms with Crippen molar-refractivity contribution in [3.8, 4) is 11.5 Å². The van der Waals surface area contributed by atoms with Crippen LogP contribution in [0.2, 0.25) is 0 Å². The Kier molecular flexibility index (Phi) is 5.88. The number of aliphatic hydroxyl groups excluding tert-OH is 1. The van der Waals surface area contributed by atoms with Crippen LogP contribution in [0.3, 0.4) is 0 Å². The Labute approximate surface area is 179 Å². The van der Waals surface area contributed by atoms with E-state index < -0.39 is 17.6 Å². The van der Waals surface area contributed by atoms with Crippen LogP contribution in [-0.4, -0.2) is 44.5 Å². The molecule has 0 atom stereocenters. The summed E-state index contributed by atoms with van der Waals surface area (Å²) in [6.07, 6.45) is -1.55. The summed E-state index contributed by atoms with van der Waals surface area (Å²) in [5.41, 5.74) is 0.741. The maximum absolute atomic E-state index is 12.6. The fourth-order valence-electron chi connectivity index (χ4n) is 3.19. The maximum Gasteiger partial charge on any atom is 0.416 e. The molecular weight excluding hydrogens is 431 g/mol. The minimum Gasteiger partial charge on any atom is -0.393 e. The predicted octanol–water partition coefficient (Wildman–Crippen LogP) is 3.83. The highest BCUT2D eigenvalue weighted by Crippen LogP contribution is 2.29. The molecule has 3 heterocycles. The summed E-state index contributed by atoms with van der Waals surface area (Å²) < 4.78 is 42.1. The summed E-state index contributed by atoms with van der Waals surface area (Å²) in [5, 5.41) is 12.4. The molecular formula is C20H18F3N5O2S. The van der Waals surface area contributed by atoms with E-state index in [1.165, 1.54) is 0 Å². The van der Waals surface area contributed by atoms with Crippen molar-refractivity contribution in [2.75, 3.05) is 23.3 Å². The number of nitrogens with one attached hydrogen (secondary N) is 1. The lowest BCUT2D eigenvalue weighted by atomic mass is 10.1. The van der Waals surface area contributed by atoms with Crippen molar-refractivity contribution in [3.05, 3.63) is 53.7 Å². The number of hydrogen-bond donors (Lipinski definition) is 2. The molecule has 162 valence electrons.